The SMILES string of the molecule is CCCC(CC(=O)CCC(=O)CCC(=O)CCC(=O)CCC(=O)CCC(=O)CCC(=O)CCC(C)=O)OS(=O)(=O)c1ccc(C)cc1. The summed E-state index contributed by atoms with van der Waals surface area (Å²) in [6.45, 7) is 5.06. The third-order valence-corrected chi connectivity index (χ3v) is 8.87. The fourth-order valence-corrected chi connectivity index (χ4v) is 5.64. The Balaban J connectivity index is 2.27. The minimum Gasteiger partial charge on any atom is -0.300 e. The van der Waals surface area contributed by atoms with Crippen LogP contribution in [0.3, 0.4) is 0 Å². The van der Waals surface area contributed by atoms with E-state index in [0.29, 0.717) is 12.8 Å². The molecule has 0 heterocycles. The Morgan fingerprint density at radius 2 is 0.872 bits per heavy atom. The number of rotatable bonds is 28. The maximum Gasteiger partial charge on any atom is 0.297 e. The zero-order chi connectivity index (χ0) is 35.4. The molecule has 0 amide bonds. The van der Waals surface area contributed by atoms with Crippen molar-refractivity contribution in [2.45, 2.75) is 141 Å². The number of Topliss-reactive ketones (excluding diaryl/α,β-unsaturated/α-hetero) is 8. The molecule has 0 aromatic heterocycles. The van der Waals surface area contributed by atoms with Crippen molar-refractivity contribution in [3.05, 3.63) is 29.8 Å². The molecule has 0 saturated carbocycles. The van der Waals surface area contributed by atoms with Crippen LogP contribution in [0.15, 0.2) is 29.2 Å². The summed E-state index contributed by atoms with van der Waals surface area (Å²) in [6, 6.07) is 6.18. The lowest BCUT2D eigenvalue weighted by atomic mass is 9.99. The Morgan fingerprint density at radius 3 is 1.19 bits per heavy atom. The number of ketones is 8. The largest absolute Gasteiger partial charge is 0.300 e. The molecule has 0 aliphatic heterocycles. The van der Waals surface area contributed by atoms with Crippen molar-refractivity contribution in [1.82, 2.24) is 0 Å². The van der Waals surface area contributed by atoms with Crippen LogP contribution in [-0.4, -0.2) is 60.8 Å². The molecule has 0 aliphatic rings. The van der Waals surface area contributed by atoms with Gasteiger partial charge in [-0.3, -0.25) is 37.7 Å². The Hall–Kier alpha value is -3.51. The van der Waals surface area contributed by atoms with Crippen molar-refractivity contribution in [2.24, 2.45) is 0 Å². The van der Waals surface area contributed by atoms with Crippen molar-refractivity contribution >= 4 is 56.4 Å². The van der Waals surface area contributed by atoms with E-state index in [1.807, 2.05) is 13.8 Å². The van der Waals surface area contributed by atoms with E-state index in [1.165, 1.54) is 19.1 Å². The Kier molecular flexibility index (Phi) is 19.5. The third kappa shape index (κ3) is 19.7. The second-order valence-corrected chi connectivity index (χ2v) is 13.5. The zero-order valence-corrected chi connectivity index (χ0v) is 28.6. The van der Waals surface area contributed by atoms with Crippen LogP contribution >= 0.6 is 0 Å². The van der Waals surface area contributed by atoms with E-state index in [-0.39, 0.29) is 147 Å². The van der Waals surface area contributed by atoms with Crippen LogP contribution in [0.2, 0.25) is 0 Å². The lowest BCUT2D eigenvalue weighted by molar-refractivity contribution is -0.128. The van der Waals surface area contributed by atoms with Gasteiger partial charge in [-0.15, -0.1) is 0 Å². The first-order chi connectivity index (χ1) is 22.1. The van der Waals surface area contributed by atoms with Crippen LogP contribution in [0.25, 0.3) is 0 Å². The summed E-state index contributed by atoms with van der Waals surface area (Å²) in [7, 11) is -4.05. The topological polar surface area (TPSA) is 180 Å². The van der Waals surface area contributed by atoms with Gasteiger partial charge in [-0.1, -0.05) is 31.0 Å². The predicted molar refractivity (Wildman–Crippen MR) is 173 cm³/mol. The molecule has 0 radical (unpaired) electrons. The van der Waals surface area contributed by atoms with Crippen LogP contribution in [0.4, 0.5) is 0 Å². The molecular formula is C35H48O11S. The van der Waals surface area contributed by atoms with Crippen molar-refractivity contribution in [1.29, 1.82) is 0 Å². The van der Waals surface area contributed by atoms with Crippen LogP contribution in [0.5, 0.6) is 0 Å². The summed E-state index contributed by atoms with van der Waals surface area (Å²) < 4.78 is 30.6. The Bertz CT molecular complexity index is 1370. The van der Waals surface area contributed by atoms with E-state index in [9.17, 15) is 46.8 Å². The first kappa shape index (κ1) is 41.5. The maximum absolute atomic E-state index is 12.6. The normalized spacial score (nSPS) is 11.9. The second kappa shape index (κ2) is 22.1. The molecule has 1 aromatic carbocycles. The van der Waals surface area contributed by atoms with Crippen LogP contribution < -0.4 is 0 Å². The van der Waals surface area contributed by atoms with Gasteiger partial charge in [0.15, 0.2) is 0 Å². The summed E-state index contributed by atoms with van der Waals surface area (Å²) in [5.74, 6) is -1.94. The highest BCUT2D eigenvalue weighted by atomic mass is 32.2. The van der Waals surface area contributed by atoms with Crippen molar-refractivity contribution in [2.75, 3.05) is 0 Å². The first-order valence-electron chi connectivity index (χ1n) is 16.2. The van der Waals surface area contributed by atoms with Gasteiger partial charge >= 0.3 is 0 Å². The molecule has 1 aromatic rings. The van der Waals surface area contributed by atoms with Crippen molar-refractivity contribution in [3.8, 4) is 0 Å². The van der Waals surface area contributed by atoms with Gasteiger partial charge < -0.3 is 4.79 Å². The van der Waals surface area contributed by atoms with E-state index < -0.39 is 16.2 Å². The average Bonchev–Trinajstić information content (AvgIpc) is 3.01. The molecule has 0 saturated heterocycles. The van der Waals surface area contributed by atoms with Crippen LogP contribution in [-0.2, 0) is 52.7 Å². The minimum absolute atomic E-state index is 0.00124. The second-order valence-electron chi connectivity index (χ2n) is 12.0. The summed E-state index contributed by atoms with van der Waals surface area (Å²) in [6.07, 6.45) is -0.389. The quantitative estimate of drug-likeness (QED) is 0.105. The fraction of sp³-hybridized carbons (Fsp3) is 0.600. The highest BCUT2D eigenvalue weighted by molar-refractivity contribution is 7.86. The van der Waals surface area contributed by atoms with Crippen molar-refractivity contribution in [3.63, 3.8) is 0 Å². The number of benzene rings is 1. The Labute approximate surface area is 277 Å². The molecule has 0 spiro atoms. The van der Waals surface area contributed by atoms with Crippen LogP contribution in [0, 0.1) is 6.92 Å². The Morgan fingerprint density at radius 1 is 0.553 bits per heavy atom. The highest BCUT2D eigenvalue weighted by Crippen LogP contribution is 2.20. The van der Waals surface area contributed by atoms with E-state index in [2.05, 4.69) is 0 Å². The number of aryl methyl sites for hydroxylation is 1. The molecular weight excluding hydrogens is 628 g/mol. The van der Waals surface area contributed by atoms with E-state index in [4.69, 9.17) is 4.18 Å². The van der Waals surface area contributed by atoms with Crippen LogP contribution in [0.1, 0.15) is 129 Å². The van der Waals surface area contributed by atoms with Gasteiger partial charge in [0, 0.05) is 96.3 Å². The molecule has 47 heavy (non-hydrogen) atoms. The molecule has 1 atom stereocenters. The standard InChI is InChI=1S/C35H48O11S/c1-4-5-34(46-47(44,45)35-22-6-25(2)7-23-35)24-33(43)21-20-32(42)19-18-31(41)17-16-30(40)15-14-29(39)13-12-28(38)11-10-27(37)9-8-26(3)36/h6-7,22-23,34H,4-5,8-21,24H2,1-3H3. The number of hydrogen-bond acceptors (Lipinski definition) is 11. The first-order valence-corrected chi connectivity index (χ1v) is 17.6. The molecule has 1 unspecified atom stereocenters. The van der Waals surface area contributed by atoms with E-state index in [1.54, 1.807) is 12.1 Å². The molecule has 12 heteroatoms. The van der Waals surface area contributed by atoms with Gasteiger partial charge in [0.25, 0.3) is 10.1 Å². The monoisotopic (exact) mass is 676 g/mol. The lowest BCUT2D eigenvalue weighted by Gasteiger charge is -2.16. The summed E-state index contributed by atoms with van der Waals surface area (Å²) in [5, 5.41) is 0. The lowest BCUT2D eigenvalue weighted by Crippen LogP contribution is -2.22. The molecule has 11 nitrogen and oxygen atoms in total. The summed E-state index contributed by atoms with van der Waals surface area (Å²) in [5.41, 5.74) is 0.892. The molecule has 1 rings (SSSR count). The molecule has 0 fully saturated rings. The number of carbonyl (C=O) groups excluding carboxylic acids is 8. The van der Waals surface area contributed by atoms with E-state index in [0.717, 1.165) is 5.56 Å². The number of carbonyl (C=O) groups is 8. The van der Waals surface area contributed by atoms with Gasteiger partial charge in [0.1, 0.15) is 46.3 Å². The van der Waals surface area contributed by atoms with E-state index >= 15 is 0 Å². The highest BCUT2D eigenvalue weighted by Gasteiger charge is 2.24. The molecule has 0 aliphatic carbocycles. The molecule has 0 N–H and O–H groups in total. The van der Waals surface area contributed by atoms with Gasteiger partial charge in [-0.05, 0) is 32.4 Å². The van der Waals surface area contributed by atoms with Gasteiger partial charge in [0.05, 0.1) is 11.0 Å². The summed E-state index contributed by atoms with van der Waals surface area (Å²) in [4.78, 5) is 95.6. The minimum atomic E-state index is -4.05. The smallest absolute Gasteiger partial charge is 0.297 e. The predicted octanol–water partition coefficient (Wildman–Crippen LogP) is 5.29. The summed E-state index contributed by atoms with van der Waals surface area (Å²) >= 11 is 0. The van der Waals surface area contributed by atoms with Gasteiger partial charge in [-0.25, -0.2) is 0 Å². The van der Waals surface area contributed by atoms with Gasteiger partial charge in [0.2, 0.25) is 0 Å². The molecule has 0 bridgehead atoms. The van der Waals surface area contributed by atoms with Crippen molar-refractivity contribution < 1.29 is 51.0 Å². The average molecular weight is 677 g/mol. The molecule has 260 valence electrons. The third-order valence-electron chi connectivity index (χ3n) is 7.49. The number of hydrogen-bond donors (Lipinski definition) is 0. The zero-order valence-electron chi connectivity index (χ0n) is 27.8. The maximum atomic E-state index is 12.6. The van der Waals surface area contributed by atoms with Gasteiger partial charge in [-0.2, -0.15) is 8.42 Å². The fourth-order valence-electron chi connectivity index (χ4n) is 4.54.